The lowest BCUT2D eigenvalue weighted by Gasteiger charge is -2.07. The molecule has 0 saturated heterocycles. The zero-order valence-corrected chi connectivity index (χ0v) is 7.27. The Kier molecular flexibility index (Phi) is 1.99. The maximum Gasteiger partial charge on any atom is 0.00855 e. The average Bonchev–Trinajstić information content (AvgIpc) is 2.20. The van der Waals surface area contributed by atoms with Gasteiger partial charge in [-0.1, -0.05) is 42.5 Å². The summed E-state index contributed by atoms with van der Waals surface area (Å²) in [5.41, 5.74) is 3.23. The maximum atomic E-state index is 5.60. The second kappa shape index (κ2) is 3.30. The molecule has 2 rings (SSSR count). The van der Waals surface area contributed by atoms with Gasteiger partial charge in [-0.3, -0.25) is 0 Å². The van der Waals surface area contributed by atoms with Crippen molar-refractivity contribution >= 4 is 5.57 Å². The van der Waals surface area contributed by atoms with Crippen molar-refractivity contribution in [2.75, 3.05) is 0 Å². The summed E-state index contributed by atoms with van der Waals surface area (Å²) in [6.07, 6.45) is 7.90. The van der Waals surface area contributed by atoms with Crippen LogP contribution in [0.4, 0.5) is 0 Å². The fraction of sp³-hybridized carbons (Fsp3) is 0. The molecule has 0 atom stereocenters. The molecule has 0 radical (unpaired) electrons. The van der Waals surface area contributed by atoms with Gasteiger partial charge in [-0.15, -0.1) is 0 Å². The molecule has 62 valence electrons. The lowest BCUT2D eigenvalue weighted by Crippen LogP contribution is -1.87. The highest BCUT2D eigenvalue weighted by atomic mass is 14.1. The smallest absolute Gasteiger partial charge is 0.00855 e. The molecule has 0 heteroatoms. The molecule has 1 aromatic rings. The molecule has 0 saturated carbocycles. The van der Waals surface area contributed by atoms with Crippen LogP contribution >= 0.6 is 0 Å². The van der Waals surface area contributed by atoms with Gasteiger partial charge >= 0.3 is 0 Å². The minimum absolute atomic E-state index is 0.805. The molecule has 0 fully saturated rings. The minimum Gasteiger partial charge on any atom is -0.158 e. The molecule has 0 amide bonds. The first-order chi connectivity index (χ1) is 6.36. The number of hydrogen-bond donors (Lipinski definition) is 0. The van der Waals surface area contributed by atoms with E-state index < -0.39 is 0 Å². The van der Waals surface area contributed by atoms with E-state index in [9.17, 15) is 0 Å². The van der Waals surface area contributed by atoms with E-state index in [0.29, 0.717) is 0 Å². The second-order valence-corrected chi connectivity index (χ2v) is 2.99. The molecule has 0 N–H and O–H groups in total. The fourth-order valence-corrected chi connectivity index (χ4v) is 1.31. The summed E-state index contributed by atoms with van der Waals surface area (Å²) in [4.78, 5) is 0. The van der Waals surface area contributed by atoms with E-state index >= 15 is 0 Å². The first-order valence-corrected chi connectivity index (χ1v) is 4.27. The highest BCUT2D eigenvalue weighted by Crippen LogP contribution is 2.21. The van der Waals surface area contributed by atoms with Crippen LogP contribution in [0.25, 0.3) is 5.57 Å². The monoisotopic (exact) mass is 166 g/mol. The zero-order chi connectivity index (χ0) is 9.10. The maximum absolute atomic E-state index is 5.60. The van der Waals surface area contributed by atoms with E-state index in [1.165, 1.54) is 11.1 Å². The van der Waals surface area contributed by atoms with Crippen LogP contribution in [0.5, 0.6) is 0 Å². The summed E-state index contributed by atoms with van der Waals surface area (Å²) in [5.74, 6) is 0. The summed E-state index contributed by atoms with van der Waals surface area (Å²) < 4.78 is 0. The van der Waals surface area contributed by atoms with E-state index in [4.69, 9.17) is 6.58 Å². The van der Waals surface area contributed by atoms with Crippen molar-refractivity contribution in [3.05, 3.63) is 72.7 Å². The third kappa shape index (κ3) is 1.69. The molecular formula is C13H10. The van der Waals surface area contributed by atoms with Crippen LogP contribution in [0, 0.1) is 13.0 Å². The number of allylic oxidation sites excluding steroid dienone is 5. The summed E-state index contributed by atoms with van der Waals surface area (Å²) in [6.45, 7) is 5.60. The molecule has 1 aliphatic rings. The fourth-order valence-electron chi connectivity index (χ4n) is 1.31. The Bertz CT molecular complexity index is 366. The Balaban J connectivity index is 2.30. The Hall–Kier alpha value is -1.78. The van der Waals surface area contributed by atoms with E-state index in [-0.39, 0.29) is 0 Å². The standard InChI is InChI=1S/C13H10/c1-11-7-9-13(10-8-11)12-5-3-2-4-6-12/h1-10H. The van der Waals surface area contributed by atoms with Gasteiger partial charge in [0.05, 0.1) is 0 Å². The van der Waals surface area contributed by atoms with Gasteiger partial charge in [0.2, 0.25) is 0 Å². The third-order valence-electron chi connectivity index (χ3n) is 2.02. The average molecular weight is 166 g/mol. The molecule has 13 heavy (non-hydrogen) atoms. The predicted molar refractivity (Wildman–Crippen MR) is 55.7 cm³/mol. The van der Waals surface area contributed by atoms with Crippen LogP contribution in [0.15, 0.2) is 54.1 Å². The van der Waals surface area contributed by atoms with Crippen LogP contribution in [0.1, 0.15) is 5.56 Å². The normalized spacial score (nSPS) is 15.0. The summed E-state index contributed by atoms with van der Waals surface area (Å²) >= 11 is 0. The van der Waals surface area contributed by atoms with Crippen molar-refractivity contribution in [3.8, 4) is 0 Å². The molecule has 1 aromatic carbocycles. The number of hydrogen-bond acceptors (Lipinski definition) is 0. The summed E-state index contributed by atoms with van der Waals surface area (Å²) in [7, 11) is 0. The van der Waals surface area contributed by atoms with Crippen molar-refractivity contribution in [2.24, 2.45) is 0 Å². The predicted octanol–water partition coefficient (Wildman–Crippen LogP) is 3.20. The van der Waals surface area contributed by atoms with Crippen LogP contribution in [0.3, 0.4) is 0 Å². The van der Waals surface area contributed by atoms with Crippen LogP contribution in [-0.4, -0.2) is 0 Å². The molecule has 0 nitrogen and oxygen atoms in total. The van der Waals surface area contributed by atoms with Gasteiger partial charge in [-0.25, -0.2) is 0 Å². The highest BCUT2D eigenvalue weighted by Gasteiger charge is 2.01. The molecular weight excluding hydrogens is 156 g/mol. The number of rotatable bonds is 1. The van der Waals surface area contributed by atoms with Crippen LogP contribution in [-0.2, 0) is 0 Å². The van der Waals surface area contributed by atoms with Gasteiger partial charge in [0.25, 0.3) is 0 Å². The van der Waals surface area contributed by atoms with E-state index in [1.54, 1.807) is 0 Å². The number of benzene rings is 1. The van der Waals surface area contributed by atoms with Gasteiger partial charge in [-0.05, 0) is 23.6 Å². The molecule has 0 aromatic heterocycles. The lowest BCUT2D eigenvalue weighted by atomic mass is 9.98. The summed E-state index contributed by atoms with van der Waals surface area (Å²) in [6, 6.07) is 10.3. The largest absolute Gasteiger partial charge is 0.158 e. The van der Waals surface area contributed by atoms with Gasteiger partial charge in [0, 0.05) is 5.57 Å². The van der Waals surface area contributed by atoms with Crippen molar-refractivity contribution in [3.63, 3.8) is 0 Å². The van der Waals surface area contributed by atoms with Gasteiger partial charge in [0.1, 0.15) is 0 Å². The highest BCUT2D eigenvalue weighted by molar-refractivity contribution is 5.77. The Morgan fingerprint density at radius 1 is 1.00 bits per heavy atom. The summed E-state index contributed by atoms with van der Waals surface area (Å²) in [5, 5.41) is 0. The zero-order valence-electron chi connectivity index (χ0n) is 7.27. The Morgan fingerprint density at radius 2 is 1.77 bits per heavy atom. The van der Waals surface area contributed by atoms with E-state index in [0.717, 1.165) is 5.57 Å². The van der Waals surface area contributed by atoms with Gasteiger partial charge < -0.3 is 0 Å². The SMILES string of the molecule is [CH+]=C1C=CC(c2ccccc2)=C[CH-]1. The van der Waals surface area contributed by atoms with Gasteiger partial charge in [0.15, 0.2) is 0 Å². The van der Waals surface area contributed by atoms with Crippen molar-refractivity contribution in [1.82, 2.24) is 0 Å². The lowest BCUT2D eigenvalue weighted by molar-refractivity contribution is 1.52. The quantitative estimate of drug-likeness (QED) is 0.562. The molecule has 0 heterocycles. The molecule has 0 spiro atoms. The Morgan fingerprint density at radius 3 is 2.38 bits per heavy atom. The third-order valence-corrected chi connectivity index (χ3v) is 2.02. The first-order valence-electron chi connectivity index (χ1n) is 4.27. The van der Waals surface area contributed by atoms with Crippen molar-refractivity contribution < 1.29 is 0 Å². The molecule has 0 unspecified atom stereocenters. The molecule has 1 aliphatic carbocycles. The van der Waals surface area contributed by atoms with Crippen LogP contribution in [0.2, 0.25) is 0 Å². The van der Waals surface area contributed by atoms with E-state index in [2.05, 4.69) is 12.1 Å². The van der Waals surface area contributed by atoms with E-state index in [1.807, 2.05) is 42.8 Å². The van der Waals surface area contributed by atoms with Gasteiger partial charge in [-0.2, -0.15) is 6.58 Å². The minimum atomic E-state index is 0.805. The molecule has 0 aliphatic heterocycles. The first kappa shape index (κ1) is 7.85. The molecule has 0 bridgehead atoms. The Labute approximate surface area is 78.9 Å². The van der Waals surface area contributed by atoms with Crippen molar-refractivity contribution in [1.29, 1.82) is 0 Å². The van der Waals surface area contributed by atoms with Crippen molar-refractivity contribution in [2.45, 2.75) is 0 Å². The second-order valence-electron chi connectivity index (χ2n) is 2.99. The topological polar surface area (TPSA) is 0 Å². The van der Waals surface area contributed by atoms with Crippen LogP contribution < -0.4 is 0 Å².